The predicted molar refractivity (Wildman–Crippen MR) is 24.9 cm³/mol. The molecular weight excluding hydrogens is 102 g/mol. The quantitative estimate of drug-likeness (QED) is 0.286. The molecule has 6 heavy (non-hydrogen) atoms. The number of thiocarbonyl (C=S) groups is 1. The van der Waals surface area contributed by atoms with Crippen LogP contribution >= 0.6 is 12.2 Å². The summed E-state index contributed by atoms with van der Waals surface area (Å²) in [4.78, 5) is 8.09. The third kappa shape index (κ3) is 3.65. The standard InChI is InChI=1S/C2H5NO2S/c1-4-5-2(3)6/h1H3,(H2,3,6). The summed E-state index contributed by atoms with van der Waals surface area (Å²) in [5, 5.41) is -0.0995. The van der Waals surface area contributed by atoms with Gasteiger partial charge in [0.2, 0.25) is 0 Å². The van der Waals surface area contributed by atoms with E-state index in [9.17, 15) is 0 Å². The molecule has 0 saturated heterocycles. The van der Waals surface area contributed by atoms with Crippen molar-refractivity contribution in [1.82, 2.24) is 0 Å². The first-order chi connectivity index (χ1) is 2.77. The molecular formula is C2H5NO2S. The number of nitrogens with two attached hydrogens (primary N) is 1. The van der Waals surface area contributed by atoms with Gasteiger partial charge in [-0.2, -0.15) is 4.89 Å². The topological polar surface area (TPSA) is 44.5 Å². The molecule has 0 saturated carbocycles. The zero-order chi connectivity index (χ0) is 4.99. The Morgan fingerprint density at radius 1 is 1.83 bits per heavy atom. The summed E-state index contributed by atoms with van der Waals surface area (Å²) in [5.74, 6) is 0. The average Bonchev–Trinajstić information content (AvgIpc) is 1.35. The van der Waals surface area contributed by atoms with Crippen LogP contribution in [0.2, 0.25) is 0 Å². The molecule has 2 N–H and O–H groups in total. The Kier molecular flexibility index (Phi) is 2.70. The highest BCUT2D eigenvalue weighted by Crippen LogP contribution is 1.68. The summed E-state index contributed by atoms with van der Waals surface area (Å²) in [6.45, 7) is 0. The van der Waals surface area contributed by atoms with E-state index < -0.39 is 0 Å². The molecule has 0 bridgehead atoms. The minimum Gasteiger partial charge on any atom is -0.358 e. The monoisotopic (exact) mass is 107 g/mol. The first kappa shape index (κ1) is 5.65. The van der Waals surface area contributed by atoms with Crippen LogP contribution in [0.4, 0.5) is 0 Å². The van der Waals surface area contributed by atoms with Crippen LogP contribution in [-0.2, 0) is 9.78 Å². The third-order valence-electron chi connectivity index (χ3n) is 0.165. The zero-order valence-corrected chi connectivity index (χ0v) is 4.12. The van der Waals surface area contributed by atoms with Gasteiger partial charge in [0.1, 0.15) is 0 Å². The van der Waals surface area contributed by atoms with E-state index in [0.717, 1.165) is 0 Å². The van der Waals surface area contributed by atoms with Gasteiger partial charge in [0, 0.05) is 0 Å². The van der Waals surface area contributed by atoms with Gasteiger partial charge in [0.25, 0.3) is 5.17 Å². The summed E-state index contributed by atoms with van der Waals surface area (Å²) in [6, 6.07) is 0. The molecule has 0 spiro atoms. The first-order valence-corrected chi connectivity index (χ1v) is 1.68. The normalized spacial score (nSPS) is 7.50. The van der Waals surface area contributed by atoms with Gasteiger partial charge in [-0.25, -0.2) is 0 Å². The number of hydrogen-bond acceptors (Lipinski definition) is 3. The van der Waals surface area contributed by atoms with E-state index in [1.165, 1.54) is 7.11 Å². The summed E-state index contributed by atoms with van der Waals surface area (Å²) < 4.78 is 0. The van der Waals surface area contributed by atoms with Crippen molar-refractivity contribution in [3.8, 4) is 0 Å². The second-order valence-electron chi connectivity index (χ2n) is 0.569. The first-order valence-electron chi connectivity index (χ1n) is 1.27. The van der Waals surface area contributed by atoms with Gasteiger partial charge in [-0.1, -0.05) is 0 Å². The minimum absolute atomic E-state index is 0.0995. The van der Waals surface area contributed by atoms with Crippen molar-refractivity contribution >= 4 is 17.4 Å². The Labute approximate surface area is 41.0 Å². The molecule has 3 nitrogen and oxygen atoms in total. The highest BCUT2D eigenvalue weighted by Gasteiger charge is 1.78. The Balaban J connectivity index is 2.83. The maximum Gasteiger partial charge on any atom is 0.294 e. The lowest BCUT2D eigenvalue weighted by Gasteiger charge is -1.91. The zero-order valence-electron chi connectivity index (χ0n) is 3.30. The van der Waals surface area contributed by atoms with Crippen LogP contribution in [0.15, 0.2) is 0 Å². The minimum atomic E-state index is -0.0995. The van der Waals surface area contributed by atoms with E-state index in [2.05, 4.69) is 22.0 Å². The largest absolute Gasteiger partial charge is 0.358 e. The molecule has 0 aromatic rings. The summed E-state index contributed by atoms with van der Waals surface area (Å²) in [6.07, 6.45) is 0. The van der Waals surface area contributed by atoms with Crippen LogP contribution in [0.5, 0.6) is 0 Å². The maximum absolute atomic E-state index is 4.79. The van der Waals surface area contributed by atoms with Crippen LogP contribution in [0.3, 0.4) is 0 Å². The van der Waals surface area contributed by atoms with E-state index in [0.29, 0.717) is 0 Å². The Morgan fingerprint density at radius 3 is 2.33 bits per heavy atom. The molecule has 0 unspecified atom stereocenters. The second kappa shape index (κ2) is 2.87. The van der Waals surface area contributed by atoms with Crippen molar-refractivity contribution in [2.45, 2.75) is 0 Å². The fourth-order valence-corrected chi connectivity index (χ4v) is 0.150. The molecule has 0 amide bonds. The maximum atomic E-state index is 4.79. The predicted octanol–water partition coefficient (Wildman–Crippen LogP) is -0.192. The SMILES string of the molecule is COOC(N)=S. The second-order valence-corrected chi connectivity index (χ2v) is 0.971. The van der Waals surface area contributed by atoms with E-state index in [4.69, 9.17) is 5.73 Å². The van der Waals surface area contributed by atoms with Crippen molar-refractivity contribution in [3.63, 3.8) is 0 Å². The van der Waals surface area contributed by atoms with Crippen molar-refractivity contribution in [2.75, 3.05) is 7.11 Å². The van der Waals surface area contributed by atoms with Gasteiger partial charge in [-0.05, 0) is 12.2 Å². The Morgan fingerprint density at radius 2 is 2.33 bits per heavy atom. The molecule has 0 aromatic carbocycles. The van der Waals surface area contributed by atoms with Crippen molar-refractivity contribution in [1.29, 1.82) is 0 Å². The lowest BCUT2D eigenvalue weighted by Crippen LogP contribution is -2.11. The van der Waals surface area contributed by atoms with E-state index in [1.807, 2.05) is 0 Å². The number of hydrogen-bond donors (Lipinski definition) is 1. The van der Waals surface area contributed by atoms with E-state index >= 15 is 0 Å². The smallest absolute Gasteiger partial charge is 0.294 e. The molecule has 36 valence electrons. The van der Waals surface area contributed by atoms with E-state index in [1.54, 1.807) is 0 Å². The fraction of sp³-hybridized carbons (Fsp3) is 0.500. The van der Waals surface area contributed by atoms with E-state index in [-0.39, 0.29) is 5.17 Å². The van der Waals surface area contributed by atoms with Crippen LogP contribution in [0, 0.1) is 0 Å². The van der Waals surface area contributed by atoms with Gasteiger partial charge in [-0.3, -0.25) is 0 Å². The molecule has 0 rings (SSSR count). The Hall–Kier alpha value is -0.350. The molecule has 0 aromatic heterocycles. The lowest BCUT2D eigenvalue weighted by atomic mass is 11.4. The molecule has 0 aliphatic rings. The number of rotatable bonds is 1. The molecule has 0 radical (unpaired) electrons. The summed E-state index contributed by atoms with van der Waals surface area (Å²) in [7, 11) is 1.33. The summed E-state index contributed by atoms with van der Waals surface area (Å²) in [5.41, 5.74) is 4.79. The van der Waals surface area contributed by atoms with Crippen molar-refractivity contribution in [3.05, 3.63) is 0 Å². The van der Waals surface area contributed by atoms with Crippen molar-refractivity contribution in [2.24, 2.45) is 5.73 Å². The molecule has 0 fully saturated rings. The van der Waals surface area contributed by atoms with Gasteiger partial charge in [0.05, 0.1) is 7.11 Å². The molecule has 0 atom stereocenters. The third-order valence-corrected chi connectivity index (χ3v) is 0.234. The highest BCUT2D eigenvalue weighted by molar-refractivity contribution is 7.79. The van der Waals surface area contributed by atoms with Crippen LogP contribution in [0.1, 0.15) is 0 Å². The van der Waals surface area contributed by atoms with Crippen LogP contribution in [0.25, 0.3) is 0 Å². The van der Waals surface area contributed by atoms with Crippen LogP contribution < -0.4 is 5.73 Å². The highest BCUT2D eigenvalue weighted by atomic mass is 32.1. The average molecular weight is 107 g/mol. The molecule has 0 aliphatic carbocycles. The molecule has 4 heteroatoms. The Bertz CT molecular complexity index is 55.5. The molecule has 0 heterocycles. The fourth-order valence-electron chi connectivity index (χ4n) is 0.0821. The van der Waals surface area contributed by atoms with Gasteiger partial charge in [0.15, 0.2) is 0 Å². The molecule has 0 aliphatic heterocycles. The van der Waals surface area contributed by atoms with Gasteiger partial charge >= 0.3 is 0 Å². The van der Waals surface area contributed by atoms with Gasteiger partial charge in [-0.15, -0.1) is 0 Å². The summed E-state index contributed by atoms with van der Waals surface area (Å²) >= 11 is 4.23. The van der Waals surface area contributed by atoms with Gasteiger partial charge < -0.3 is 10.6 Å². The van der Waals surface area contributed by atoms with Crippen LogP contribution in [-0.4, -0.2) is 12.3 Å². The lowest BCUT2D eigenvalue weighted by molar-refractivity contribution is -0.192. The van der Waals surface area contributed by atoms with Crippen molar-refractivity contribution < 1.29 is 9.78 Å².